The van der Waals surface area contributed by atoms with E-state index < -0.39 is 0 Å². The van der Waals surface area contributed by atoms with Gasteiger partial charge in [0.1, 0.15) is 5.69 Å². The number of nitrogens with one attached hydrogen (secondary N) is 1. The van der Waals surface area contributed by atoms with E-state index in [1.807, 2.05) is 53.3 Å². The molecule has 32 heavy (non-hydrogen) atoms. The smallest absolute Gasteiger partial charge is 0.226 e. The van der Waals surface area contributed by atoms with Gasteiger partial charge < -0.3 is 16.0 Å². The lowest BCUT2D eigenvalue weighted by atomic mass is 10.1. The van der Waals surface area contributed by atoms with Crippen LogP contribution in [-0.2, 0) is 6.42 Å². The van der Waals surface area contributed by atoms with Crippen LogP contribution >= 0.6 is 0 Å². The molecule has 3 heterocycles. The maximum absolute atomic E-state index is 6.53. The van der Waals surface area contributed by atoms with Crippen LogP contribution in [0.4, 0.5) is 29.0 Å². The number of benzene rings is 2. The number of para-hydroxylation sites is 1. The lowest BCUT2D eigenvalue weighted by molar-refractivity contribution is 0.456. The number of nitrogen functional groups attached to an aromatic ring is 1. The van der Waals surface area contributed by atoms with Gasteiger partial charge in [-0.15, -0.1) is 0 Å². The normalized spacial score (nSPS) is 15.1. The molecule has 8 nitrogen and oxygen atoms in total. The van der Waals surface area contributed by atoms with Crippen molar-refractivity contribution < 1.29 is 0 Å². The minimum absolute atomic E-state index is 0.219. The molecule has 1 aliphatic heterocycles. The summed E-state index contributed by atoms with van der Waals surface area (Å²) in [6, 6.07) is 22.4. The second kappa shape index (κ2) is 8.58. The molecule has 5 rings (SSSR count). The quantitative estimate of drug-likeness (QED) is 0.461. The van der Waals surface area contributed by atoms with Crippen LogP contribution in [0.2, 0.25) is 0 Å². The zero-order valence-electron chi connectivity index (χ0n) is 18.0. The molecule has 0 fully saturated rings. The highest BCUT2D eigenvalue weighted by Gasteiger charge is 2.41. The number of anilines is 5. The Balaban J connectivity index is 1.50. The Morgan fingerprint density at radius 1 is 0.969 bits per heavy atom. The number of nitrogens with two attached hydrogens (primary N) is 1. The topological polar surface area (TPSA) is 88.1 Å². The van der Waals surface area contributed by atoms with Gasteiger partial charge in [-0.25, -0.2) is 4.68 Å². The summed E-state index contributed by atoms with van der Waals surface area (Å²) < 4.78 is 1.92. The van der Waals surface area contributed by atoms with Crippen LogP contribution in [0.1, 0.15) is 18.8 Å². The molecular weight excluding hydrogens is 400 g/mol. The van der Waals surface area contributed by atoms with Gasteiger partial charge in [-0.1, -0.05) is 48.5 Å². The first-order valence-electron chi connectivity index (χ1n) is 10.8. The molecule has 1 atom stereocenters. The third-order valence-electron chi connectivity index (χ3n) is 5.59. The molecule has 0 spiro atoms. The average molecular weight is 427 g/mol. The zero-order valence-corrected chi connectivity index (χ0v) is 18.0. The van der Waals surface area contributed by atoms with Crippen molar-refractivity contribution in [2.24, 2.45) is 0 Å². The van der Waals surface area contributed by atoms with E-state index in [1.165, 1.54) is 5.56 Å². The predicted molar refractivity (Wildman–Crippen MR) is 128 cm³/mol. The van der Waals surface area contributed by atoms with E-state index in [0.717, 1.165) is 36.7 Å². The SMILES string of the molecule is CCN1c2nc(NCCc3ccccc3)nc(N)c2N(c2ccccc2)C1n1cccn1. The van der Waals surface area contributed by atoms with Crippen molar-refractivity contribution in [2.45, 2.75) is 19.6 Å². The molecule has 2 aromatic carbocycles. The van der Waals surface area contributed by atoms with Crippen LogP contribution in [0.3, 0.4) is 0 Å². The molecule has 0 aliphatic carbocycles. The molecule has 162 valence electrons. The van der Waals surface area contributed by atoms with Gasteiger partial charge in [0.05, 0.1) is 0 Å². The summed E-state index contributed by atoms with van der Waals surface area (Å²) in [5.74, 6) is 1.77. The second-order valence-electron chi connectivity index (χ2n) is 7.59. The van der Waals surface area contributed by atoms with Crippen LogP contribution < -0.4 is 20.9 Å². The van der Waals surface area contributed by atoms with Gasteiger partial charge in [-0.2, -0.15) is 15.1 Å². The van der Waals surface area contributed by atoms with Gasteiger partial charge >= 0.3 is 0 Å². The molecule has 0 radical (unpaired) electrons. The third kappa shape index (κ3) is 3.60. The second-order valence-corrected chi connectivity index (χ2v) is 7.59. The summed E-state index contributed by atoms with van der Waals surface area (Å²) in [5.41, 5.74) is 9.59. The largest absolute Gasteiger partial charge is 0.382 e. The highest BCUT2D eigenvalue weighted by molar-refractivity contribution is 5.88. The Morgan fingerprint density at radius 3 is 2.41 bits per heavy atom. The van der Waals surface area contributed by atoms with Crippen LogP contribution in [0.5, 0.6) is 0 Å². The van der Waals surface area contributed by atoms with Crippen molar-refractivity contribution in [3.8, 4) is 0 Å². The van der Waals surface area contributed by atoms with Crippen molar-refractivity contribution in [1.29, 1.82) is 0 Å². The number of hydrogen-bond donors (Lipinski definition) is 2. The monoisotopic (exact) mass is 426 g/mol. The number of fused-ring (bicyclic) bond motifs is 1. The molecule has 1 aliphatic rings. The highest BCUT2D eigenvalue weighted by atomic mass is 15.6. The lowest BCUT2D eigenvalue weighted by Crippen LogP contribution is -2.38. The van der Waals surface area contributed by atoms with Gasteiger partial charge in [0.25, 0.3) is 0 Å². The summed E-state index contributed by atoms with van der Waals surface area (Å²) in [6.07, 6.45) is 4.40. The summed E-state index contributed by atoms with van der Waals surface area (Å²) >= 11 is 0. The van der Waals surface area contributed by atoms with E-state index >= 15 is 0 Å². The first kappa shape index (κ1) is 19.9. The van der Waals surface area contributed by atoms with Gasteiger partial charge in [0.15, 0.2) is 11.6 Å². The first-order chi connectivity index (χ1) is 15.8. The summed E-state index contributed by atoms with van der Waals surface area (Å²) in [4.78, 5) is 13.8. The Morgan fingerprint density at radius 2 is 1.72 bits per heavy atom. The Kier molecular flexibility index (Phi) is 5.33. The third-order valence-corrected chi connectivity index (χ3v) is 5.59. The van der Waals surface area contributed by atoms with Gasteiger partial charge in [-0.05, 0) is 37.1 Å². The fourth-order valence-corrected chi connectivity index (χ4v) is 4.14. The van der Waals surface area contributed by atoms with Crippen molar-refractivity contribution in [1.82, 2.24) is 19.7 Å². The number of hydrogen-bond acceptors (Lipinski definition) is 7. The molecular formula is C24H26N8. The average Bonchev–Trinajstić information content (AvgIpc) is 3.46. The van der Waals surface area contributed by atoms with Crippen LogP contribution in [0.25, 0.3) is 0 Å². The standard InChI is InChI=1S/C24H26N8/c1-2-30-22-20(21(25)28-23(29-22)26-16-14-18-10-5-3-6-11-18)32(19-12-7-4-8-13-19)24(30)31-17-9-15-27-31/h3-13,15,17,24H,2,14,16H2,1H3,(H3,25,26,28,29). The van der Waals surface area contributed by atoms with Crippen LogP contribution in [0.15, 0.2) is 79.1 Å². The molecule has 4 aromatic rings. The minimum Gasteiger partial charge on any atom is -0.382 e. The molecule has 0 saturated carbocycles. The van der Waals surface area contributed by atoms with Crippen molar-refractivity contribution >= 4 is 29.0 Å². The molecule has 1 unspecified atom stereocenters. The number of rotatable bonds is 7. The Labute approximate surface area is 187 Å². The molecule has 0 saturated heterocycles. The van der Waals surface area contributed by atoms with E-state index in [9.17, 15) is 0 Å². The van der Waals surface area contributed by atoms with Crippen molar-refractivity contribution in [3.05, 3.63) is 84.7 Å². The van der Waals surface area contributed by atoms with E-state index in [-0.39, 0.29) is 6.29 Å². The van der Waals surface area contributed by atoms with E-state index in [2.05, 4.69) is 56.4 Å². The first-order valence-corrected chi connectivity index (χ1v) is 10.8. The maximum Gasteiger partial charge on any atom is 0.226 e. The fourth-order valence-electron chi connectivity index (χ4n) is 4.14. The van der Waals surface area contributed by atoms with E-state index in [0.29, 0.717) is 11.8 Å². The van der Waals surface area contributed by atoms with Crippen molar-refractivity contribution in [2.75, 3.05) is 33.9 Å². The number of nitrogens with zero attached hydrogens (tertiary/aromatic N) is 6. The molecule has 8 heteroatoms. The van der Waals surface area contributed by atoms with Crippen LogP contribution in [-0.4, -0.2) is 32.8 Å². The Bertz CT molecular complexity index is 1160. The minimum atomic E-state index is -0.219. The zero-order chi connectivity index (χ0) is 21.9. The Hall–Kier alpha value is -4.07. The predicted octanol–water partition coefficient (Wildman–Crippen LogP) is 4.04. The number of aromatic nitrogens is 4. The highest BCUT2D eigenvalue weighted by Crippen LogP contribution is 2.49. The van der Waals surface area contributed by atoms with Crippen molar-refractivity contribution in [3.63, 3.8) is 0 Å². The summed E-state index contributed by atoms with van der Waals surface area (Å²) in [6.45, 7) is 3.57. The molecule has 2 aromatic heterocycles. The maximum atomic E-state index is 6.53. The van der Waals surface area contributed by atoms with E-state index in [1.54, 1.807) is 6.20 Å². The molecule has 0 bridgehead atoms. The fraction of sp³-hybridized carbons (Fsp3) is 0.208. The van der Waals surface area contributed by atoms with E-state index in [4.69, 9.17) is 10.7 Å². The molecule has 3 N–H and O–H groups in total. The van der Waals surface area contributed by atoms with Gasteiger partial charge in [0, 0.05) is 31.2 Å². The lowest BCUT2D eigenvalue weighted by Gasteiger charge is -2.31. The molecule has 0 amide bonds. The van der Waals surface area contributed by atoms with Crippen LogP contribution in [0, 0.1) is 0 Å². The summed E-state index contributed by atoms with van der Waals surface area (Å²) in [5, 5.41) is 7.86. The summed E-state index contributed by atoms with van der Waals surface area (Å²) in [7, 11) is 0. The van der Waals surface area contributed by atoms with Gasteiger partial charge in [0.2, 0.25) is 12.2 Å². The van der Waals surface area contributed by atoms with Gasteiger partial charge in [-0.3, -0.25) is 4.90 Å².